The van der Waals surface area contributed by atoms with Crippen LogP contribution in [0.1, 0.15) is 20.3 Å². The average Bonchev–Trinajstić information content (AvgIpc) is 2.94. The number of hydrogen-bond acceptors (Lipinski definition) is 5. The summed E-state index contributed by atoms with van der Waals surface area (Å²) >= 11 is 0. The van der Waals surface area contributed by atoms with E-state index in [-0.39, 0.29) is 29.0 Å². The molecule has 0 spiro atoms. The summed E-state index contributed by atoms with van der Waals surface area (Å²) < 4.78 is 23.4. The van der Waals surface area contributed by atoms with Crippen molar-refractivity contribution in [3.05, 3.63) is 24.3 Å². The van der Waals surface area contributed by atoms with Crippen molar-refractivity contribution in [1.29, 1.82) is 0 Å². The minimum Gasteiger partial charge on any atom is -0.369 e. The smallest absolute Gasteiger partial charge is 0.317 e. The van der Waals surface area contributed by atoms with Crippen molar-refractivity contribution in [3.63, 3.8) is 0 Å². The quantitative estimate of drug-likeness (QED) is 0.790. The van der Waals surface area contributed by atoms with Gasteiger partial charge in [0, 0.05) is 51.1 Å². The molecule has 0 saturated carbocycles. The number of amides is 2. The van der Waals surface area contributed by atoms with E-state index in [1.165, 1.54) is 5.69 Å². The Bertz CT molecular complexity index is 854. The van der Waals surface area contributed by atoms with Crippen LogP contribution in [0, 0.1) is 11.3 Å². The minimum atomic E-state index is -2.87. The number of piperidine rings is 1. The molecular formula is C21H32N4O3S. The van der Waals surface area contributed by atoms with Gasteiger partial charge in [0.1, 0.15) is 0 Å². The summed E-state index contributed by atoms with van der Waals surface area (Å²) in [6.07, 6.45) is 1.13. The van der Waals surface area contributed by atoms with Gasteiger partial charge in [-0.1, -0.05) is 13.8 Å². The lowest BCUT2D eigenvalue weighted by molar-refractivity contribution is 0.188. The monoisotopic (exact) mass is 420 g/mol. The standard InChI is InChI=1S/C21H32N4O3S/c1-21(2)12-16-13-24(20(26)22-3)15-19(21)25(14-16)18-6-4-17(5-7-18)23-8-10-29(27,28)11-9-23/h4-7,16,19H,8-15H2,1-3H3,(H,22,26)/t16-,19?/m1/s1. The van der Waals surface area contributed by atoms with Crippen molar-refractivity contribution in [2.75, 3.05) is 61.1 Å². The second-order valence-corrected chi connectivity index (χ2v) is 11.6. The maximum absolute atomic E-state index is 12.3. The van der Waals surface area contributed by atoms with Gasteiger partial charge in [-0.15, -0.1) is 0 Å². The van der Waals surface area contributed by atoms with Gasteiger partial charge in [0.05, 0.1) is 17.5 Å². The summed E-state index contributed by atoms with van der Waals surface area (Å²) in [6.45, 7) is 8.24. The first-order chi connectivity index (χ1) is 13.7. The molecule has 1 aromatic rings. The number of nitrogens with zero attached hydrogens (tertiary/aromatic N) is 3. The summed E-state index contributed by atoms with van der Waals surface area (Å²) in [5.74, 6) is 0.912. The van der Waals surface area contributed by atoms with Crippen LogP contribution >= 0.6 is 0 Å². The molecular weight excluding hydrogens is 388 g/mol. The van der Waals surface area contributed by atoms with E-state index in [0.717, 1.165) is 31.7 Å². The van der Waals surface area contributed by atoms with Gasteiger partial charge in [-0.05, 0) is 42.0 Å². The zero-order valence-electron chi connectivity index (χ0n) is 17.6. The molecule has 29 heavy (non-hydrogen) atoms. The third-order valence-corrected chi connectivity index (χ3v) is 8.42. The Hall–Kier alpha value is -1.96. The lowest BCUT2D eigenvalue weighted by Crippen LogP contribution is -2.54. The van der Waals surface area contributed by atoms with Crippen molar-refractivity contribution >= 4 is 27.2 Å². The topological polar surface area (TPSA) is 73.0 Å². The van der Waals surface area contributed by atoms with Crippen LogP contribution in [0.4, 0.5) is 16.2 Å². The highest BCUT2D eigenvalue weighted by molar-refractivity contribution is 7.91. The highest BCUT2D eigenvalue weighted by atomic mass is 32.2. The SMILES string of the molecule is CNC(=O)N1CC2N(c3ccc(N4CCS(=O)(=O)CC4)cc3)C[C@@H](C1)CC2(C)C. The number of nitrogens with one attached hydrogen (secondary N) is 1. The predicted octanol–water partition coefficient (Wildman–Crippen LogP) is 1.80. The normalized spacial score (nSPS) is 28.2. The van der Waals surface area contributed by atoms with E-state index in [4.69, 9.17) is 0 Å². The molecule has 4 fully saturated rings. The zero-order valence-corrected chi connectivity index (χ0v) is 18.4. The molecule has 0 aromatic heterocycles. The first-order valence-electron chi connectivity index (χ1n) is 10.5. The van der Waals surface area contributed by atoms with Crippen molar-refractivity contribution in [2.45, 2.75) is 26.3 Å². The Kier molecular flexibility index (Phi) is 5.17. The predicted molar refractivity (Wildman–Crippen MR) is 116 cm³/mol. The molecule has 7 nitrogen and oxygen atoms in total. The molecule has 8 heteroatoms. The van der Waals surface area contributed by atoms with Crippen LogP contribution in [0.5, 0.6) is 0 Å². The highest BCUT2D eigenvalue weighted by Crippen LogP contribution is 2.43. The largest absolute Gasteiger partial charge is 0.369 e. The Morgan fingerprint density at radius 3 is 2.28 bits per heavy atom. The number of rotatable bonds is 2. The number of fused-ring (bicyclic) bond motifs is 4. The van der Waals surface area contributed by atoms with Crippen LogP contribution in [0.25, 0.3) is 0 Å². The van der Waals surface area contributed by atoms with Crippen LogP contribution in [0.3, 0.4) is 0 Å². The molecule has 4 aliphatic rings. The van der Waals surface area contributed by atoms with Crippen molar-refractivity contribution in [1.82, 2.24) is 10.2 Å². The molecule has 2 atom stereocenters. The molecule has 2 amide bonds. The molecule has 5 rings (SSSR count). The number of benzene rings is 1. The molecule has 4 saturated heterocycles. The molecule has 0 radical (unpaired) electrons. The van der Waals surface area contributed by atoms with Gasteiger partial charge in [0.25, 0.3) is 0 Å². The minimum absolute atomic E-state index is 0.00921. The third-order valence-electron chi connectivity index (χ3n) is 6.81. The lowest BCUT2D eigenvalue weighted by Gasteiger charge is -2.48. The van der Waals surface area contributed by atoms with Gasteiger partial charge in [-0.3, -0.25) is 0 Å². The molecule has 4 aliphatic heterocycles. The number of carbonyl (C=O) groups is 1. The summed E-state index contributed by atoms with van der Waals surface area (Å²) in [6, 6.07) is 8.79. The second kappa shape index (κ2) is 7.38. The molecule has 1 N–H and O–H groups in total. The highest BCUT2D eigenvalue weighted by Gasteiger charge is 2.46. The van der Waals surface area contributed by atoms with Crippen LogP contribution in [-0.2, 0) is 9.84 Å². The van der Waals surface area contributed by atoms with E-state index in [9.17, 15) is 13.2 Å². The molecule has 2 bridgehead atoms. The van der Waals surface area contributed by atoms with Crippen LogP contribution in [0.2, 0.25) is 0 Å². The fourth-order valence-electron chi connectivity index (χ4n) is 5.27. The Morgan fingerprint density at radius 2 is 1.66 bits per heavy atom. The number of anilines is 2. The average molecular weight is 421 g/mol. The Balaban J connectivity index is 1.54. The molecule has 0 aliphatic carbocycles. The second-order valence-electron chi connectivity index (χ2n) is 9.34. The van der Waals surface area contributed by atoms with Gasteiger partial charge in [0.15, 0.2) is 9.84 Å². The van der Waals surface area contributed by atoms with E-state index >= 15 is 0 Å². The van der Waals surface area contributed by atoms with E-state index < -0.39 is 9.84 Å². The van der Waals surface area contributed by atoms with Crippen LogP contribution < -0.4 is 15.1 Å². The van der Waals surface area contributed by atoms with Crippen LogP contribution in [-0.4, -0.2) is 76.7 Å². The molecule has 1 unspecified atom stereocenters. The van der Waals surface area contributed by atoms with Gasteiger partial charge < -0.3 is 20.0 Å². The van der Waals surface area contributed by atoms with Crippen molar-refractivity contribution in [2.24, 2.45) is 11.3 Å². The summed E-state index contributed by atoms with van der Waals surface area (Å²) in [5.41, 5.74) is 2.39. The van der Waals surface area contributed by atoms with Gasteiger partial charge in [0.2, 0.25) is 0 Å². The summed E-state index contributed by atoms with van der Waals surface area (Å²) in [7, 11) is -1.18. The van der Waals surface area contributed by atoms with E-state index in [1.54, 1.807) is 7.05 Å². The summed E-state index contributed by atoms with van der Waals surface area (Å²) in [4.78, 5) is 18.9. The summed E-state index contributed by atoms with van der Waals surface area (Å²) in [5, 5.41) is 2.78. The number of hydrogen-bond donors (Lipinski definition) is 1. The molecule has 4 heterocycles. The van der Waals surface area contributed by atoms with Crippen molar-refractivity contribution in [3.8, 4) is 0 Å². The van der Waals surface area contributed by atoms with E-state index in [0.29, 0.717) is 19.0 Å². The van der Waals surface area contributed by atoms with Gasteiger partial charge >= 0.3 is 6.03 Å². The maximum atomic E-state index is 12.3. The van der Waals surface area contributed by atoms with Crippen molar-refractivity contribution < 1.29 is 13.2 Å². The van der Waals surface area contributed by atoms with Gasteiger partial charge in [-0.25, -0.2) is 13.2 Å². The maximum Gasteiger partial charge on any atom is 0.317 e. The number of sulfone groups is 1. The van der Waals surface area contributed by atoms with E-state index in [2.05, 4.69) is 53.2 Å². The zero-order chi connectivity index (χ0) is 20.8. The first kappa shape index (κ1) is 20.3. The first-order valence-corrected chi connectivity index (χ1v) is 12.3. The Labute approximate surface area is 174 Å². The molecule has 160 valence electrons. The van der Waals surface area contributed by atoms with Gasteiger partial charge in [-0.2, -0.15) is 0 Å². The van der Waals surface area contributed by atoms with E-state index in [1.807, 2.05) is 4.90 Å². The number of urea groups is 1. The fourth-order valence-corrected chi connectivity index (χ4v) is 6.47. The third kappa shape index (κ3) is 4.04. The lowest BCUT2D eigenvalue weighted by atomic mass is 9.73. The number of carbonyl (C=O) groups excluding carboxylic acids is 1. The molecule has 1 aromatic carbocycles. The van der Waals surface area contributed by atoms with Crippen LogP contribution in [0.15, 0.2) is 24.3 Å². The Morgan fingerprint density at radius 1 is 1.03 bits per heavy atom. The fraction of sp³-hybridized carbons (Fsp3) is 0.667.